The normalized spacial score (nSPS) is 17.1. The lowest BCUT2D eigenvalue weighted by atomic mass is 9.88. The smallest absolute Gasteiger partial charge is 0.123 e. The first-order chi connectivity index (χ1) is 10.6. The molecule has 3 rings (SSSR count). The molecule has 0 aromatic heterocycles. The minimum atomic E-state index is -0.191. The van der Waals surface area contributed by atoms with Crippen LogP contribution in [0, 0.1) is 5.82 Å². The lowest BCUT2D eigenvalue weighted by Crippen LogP contribution is -2.17. The zero-order valence-electron chi connectivity index (χ0n) is 13.3. The van der Waals surface area contributed by atoms with Crippen molar-refractivity contribution in [2.45, 2.75) is 18.8 Å². The van der Waals surface area contributed by atoms with Crippen molar-refractivity contribution >= 4 is 5.57 Å². The molecule has 0 heterocycles. The van der Waals surface area contributed by atoms with Crippen molar-refractivity contribution in [3.8, 4) is 0 Å². The van der Waals surface area contributed by atoms with Crippen LogP contribution in [0.25, 0.3) is 5.57 Å². The maximum absolute atomic E-state index is 13.7. The standard InChI is InChI=1S/C20H22FN/c1-14-18-6-4-5-7-19(18)16(10-11-22(2)3)12-15-8-9-17(21)13-20(14)15/h4-9,13,16H,1,10-12H2,2-3H3/t16-/m0/s1. The van der Waals surface area contributed by atoms with Gasteiger partial charge in [0.05, 0.1) is 0 Å². The topological polar surface area (TPSA) is 3.24 Å². The molecule has 0 fully saturated rings. The van der Waals surface area contributed by atoms with Crippen LogP contribution >= 0.6 is 0 Å². The molecule has 1 aliphatic rings. The Kier molecular flexibility index (Phi) is 4.12. The van der Waals surface area contributed by atoms with Crippen LogP contribution in [0.2, 0.25) is 0 Å². The summed E-state index contributed by atoms with van der Waals surface area (Å²) < 4.78 is 13.7. The van der Waals surface area contributed by atoms with Gasteiger partial charge in [-0.3, -0.25) is 0 Å². The predicted molar refractivity (Wildman–Crippen MR) is 90.6 cm³/mol. The van der Waals surface area contributed by atoms with Gasteiger partial charge < -0.3 is 4.90 Å². The zero-order chi connectivity index (χ0) is 15.7. The Balaban J connectivity index is 2.08. The van der Waals surface area contributed by atoms with Gasteiger partial charge in [-0.25, -0.2) is 4.39 Å². The van der Waals surface area contributed by atoms with Crippen LogP contribution in [0.1, 0.15) is 34.6 Å². The number of halogens is 1. The molecule has 0 saturated carbocycles. The quantitative estimate of drug-likeness (QED) is 0.807. The number of rotatable bonds is 3. The molecule has 0 amide bonds. The molecule has 0 N–H and O–H groups in total. The van der Waals surface area contributed by atoms with Gasteiger partial charge in [-0.15, -0.1) is 0 Å². The Hall–Kier alpha value is -1.93. The van der Waals surface area contributed by atoms with Crippen LogP contribution in [0.15, 0.2) is 49.0 Å². The van der Waals surface area contributed by atoms with Gasteiger partial charge in [0.15, 0.2) is 0 Å². The Labute approximate surface area is 132 Å². The first-order valence-corrected chi connectivity index (χ1v) is 7.78. The summed E-state index contributed by atoms with van der Waals surface area (Å²) in [5.41, 5.74) is 5.60. The second kappa shape index (κ2) is 6.05. The summed E-state index contributed by atoms with van der Waals surface area (Å²) in [6.07, 6.45) is 2.04. The molecule has 0 radical (unpaired) electrons. The lowest BCUT2D eigenvalue weighted by Gasteiger charge is -2.20. The van der Waals surface area contributed by atoms with E-state index >= 15 is 0 Å². The number of hydrogen-bond acceptors (Lipinski definition) is 1. The van der Waals surface area contributed by atoms with E-state index in [0.717, 1.165) is 36.1 Å². The predicted octanol–water partition coefficient (Wildman–Crippen LogP) is 4.48. The van der Waals surface area contributed by atoms with Crippen LogP contribution in [-0.2, 0) is 6.42 Å². The largest absolute Gasteiger partial charge is 0.309 e. The highest BCUT2D eigenvalue weighted by Gasteiger charge is 2.24. The minimum absolute atomic E-state index is 0.191. The summed E-state index contributed by atoms with van der Waals surface area (Å²) >= 11 is 0. The molecule has 2 aromatic rings. The van der Waals surface area contributed by atoms with E-state index in [-0.39, 0.29) is 5.82 Å². The molecule has 2 aromatic carbocycles. The van der Waals surface area contributed by atoms with Crippen molar-refractivity contribution in [1.29, 1.82) is 0 Å². The third-order valence-corrected chi connectivity index (χ3v) is 4.51. The van der Waals surface area contributed by atoms with Crippen LogP contribution in [0.5, 0.6) is 0 Å². The van der Waals surface area contributed by atoms with Gasteiger partial charge in [-0.05, 0) is 79.4 Å². The molecule has 0 unspecified atom stereocenters. The van der Waals surface area contributed by atoms with Crippen molar-refractivity contribution in [2.24, 2.45) is 0 Å². The van der Waals surface area contributed by atoms with Crippen molar-refractivity contribution in [3.63, 3.8) is 0 Å². The van der Waals surface area contributed by atoms with Crippen molar-refractivity contribution in [2.75, 3.05) is 20.6 Å². The third kappa shape index (κ3) is 2.84. The zero-order valence-corrected chi connectivity index (χ0v) is 13.3. The number of fused-ring (bicyclic) bond motifs is 2. The molecule has 1 aliphatic carbocycles. The van der Waals surface area contributed by atoms with Crippen molar-refractivity contribution < 1.29 is 4.39 Å². The van der Waals surface area contributed by atoms with E-state index in [1.165, 1.54) is 11.1 Å². The molecule has 114 valence electrons. The van der Waals surface area contributed by atoms with E-state index in [9.17, 15) is 4.39 Å². The van der Waals surface area contributed by atoms with Gasteiger partial charge in [0.25, 0.3) is 0 Å². The fourth-order valence-corrected chi connectivity index (χ4v) is 3.33. The average Bonchev–Trinajstić information content (AvgIpc) is 2.62. The first-order valence-electron chi connectivity index (χ1n) is 7.78. The van der Waals surface area contributed by atoms with Crippen LogP contribution in [0.3, 0.4) is 0 Å². The molecule has 22 heavy (non-hydrogen) atoms. The second-order valence-corrected chi connectivity index (χ2v) is 6.36. The minimum Gasteiger partial charge on any atom is -0.309 e. The maximum Gasteiger partial charge on any atom is 0.123 e. The molecule has 0 aliphatic heterocycles. The number of nitrogens with zero attached hydrogens (tertiary/aromatic N) is 1. The Bertz CT molecular complexity index is 703. The van der Waals surface area contributed by atoms with E-state index in [2.05, 4.69) is 43.8 Å². The summed E-state index contributed by atoms with van der Waals surface area (Å²) in [4.78, 5) is 2.22. The summed E-state index contributed by atoms with van der Waals surface area (Å²) in [7, 11) is 4.20. The van der Waals surface area contributed by atoms with Gasteiger partial charge in [-0.2, -0.15) is 0 Å². The molecule has 0 bridgehead atoms. The van der Waals surface area contributed by atoms with Gasteiger partial charge in [-0.1, -0.05) is 36.9 Å². The van der Waals surface area contributed by atoms with Gasteiger partial charge in [0.1, 0.15) is 5.82 Å². The Morgan fingerprint density at radius 3 is 2.68 bits per heavy atom. The molecule has 1 nitrogen and oxygen atoms in total. The molecular weight excluding hydrogens is 273 g/mol. The fourth-order valence-electron chi connectivity index (χ4n) is 3.33. The molecule has 2 heteroatoms. The fraction of sp³-hybridized carbons (Fsp3) is 0.300. The number of hydrogen-bond donors (Lipinski definition) is 0. The van der Waals surface area contributed by atoms with Crippen molar-refractivity contribution in [3.05, 3.63) is 77.1 Å². The summed E-state index contributed by atoms with van der Waals surface area (Å²) in [5, 5.41) is 0. The highest BCUT2D eigenvalue weighted by Crippen LogP contribution is 2.39. The Morgan fingerprint density at radius 1 is 1.14 bits per heavy atom. The van der Waals surface area contributed by atoms with Gasteiger partial charge in [0, 0.05) is 0 Å². The van der Waals surface area contributed by atoms with E-state index in [0.29, 0.717) is 5.92 Å². The monoisotopic (exact) mass is 295 g/mol. The lowest BCUT2D eigenvalue weighted by molar-refractivity contribution is 0.380. The molecule has 1 atom stereocenters. The van der Waals surface area contributed by atoms with Crippen LogP contribution < -0.4 is 0 Å². The Morgan fingerprint density at radius 2 is 1.91 bits per heavy atom. The van der Waals surface area contributed by atoms with Crippen LogP contribution in [-0.4, -0.2) is 25.5 Å². The van der Waals surface area contributed by atoms with E-state index in [1.54, 1.807) is 12.1 Å². The van der Waals surface area contributed by atoms with Crippen molar-refractivity contribution in [1.82, 2.24) is 4.90 Å². The second-order valence-electron chi connectivity index (χ2n) is 6.36. The highest BCUT2D eigenvalue weighted by molar-refractivity contribution is 5.82. The van der Waals surface area contributed by atoms with E-state index < -0.39 is 0 Å². The summed E-state index contributed by atoms with van der Waals surface area (Å²) in [6.45, 7) is 5.29. The van der Waals surface area contributed by atoms with E-state index in [1.807, 2.05) is 12.1 Å². The van der Waals surface area contributed by atoms with E-state index in [4.69, 9.17) is 0 Å². The third-order valence-electron chi connectivity index (χ3n) is 4.51. The first kappa shape index (κ1) is 15.0. The molecular formula is C20H22FN. The van der Waals surface area contributed by atoms with Gasteiger partial charge >= 0.3 is 0 Å². The molecule has 0 spiro atoms. The van der Waals surface area contributed by atoms with Gasteiger partial charge in [0.2, 0.25) is 0 Å². The van der Waals surface area contributed by atoms with Crippen LogP contribution in [0.4, 0.5) is 4.39 Å². The maximum atomic E-state index is 13.7. The summed E-state index contributed by atoms with van der Waals surface area (Å²) in [6, 6.07) is 13.5. The SMILES string of the molecule is C=C1c2cc(F)ccc2C[C@H](CCN(C)C)c2ccccc21. The molecule has 0 saturated heterocycles. The highest BCUT2D eigenvalue weighted by atomic mass is 19.1. The number of benzene rings is 2. The average molecular weight is 295 g/mol. The summed E-state index contributed by atoms with van der Waals surface area (Å²) in [5.74, 6) is 0.256.